The van der Waals surface area contributed by atoms with Crippen molar-refractivity contribution >= 4 is 23.5 Å². The molecular weight excluding hydrogens is 442 g/mol. The van der Waals surface area contributed by atoms with Gasteiger partial charge in [-0.2, -0.15) is 0 Å². The Morgan fingerprint density at radius 1 is 0.882 bits per heavy atom. The Kier molecular flexibility index (Phi) is 5.97. The van der Waals surface area contributed by atoms with Crippen LogP contribution < -0.4 is 14.4 Å². The second-order valence-corrected chi connectivity index (χ2v) is 8.31. The summed E-state index contributed by atoms with van der Waals surface area (Å²) in [6.45, 7) is 2.12. The van der Waals surface area contributed by atoms with Gasteiger partial charge in [-0.3, -0.25) is 9.59 Å². The van der Waals surface area contributed by atoms with Gasteiger partial charge in [-0.15, -0.1) is 0 Å². The van der Waals surface area contributed by atoms with Crippen LogP contribution in [0.3, 0.4) is 0 Å². The number of benzene rings is 2. The number of rotatable bonds is 8. The van der Waals surface area contributed by atoms with Crippen LogP contribution in [-0.2, 0) is 28.6 Å². The van der Waals surface area contributed by atoms with Gasteiger partial charge in [0.15, 0.2) is 12.7 Å². The number of anilines is 1. The molecule has 0 radical (unpaired) electrons. The highest BCUT2D eigenvalue weighted by Gasteiger charge is 2.70. The largest absolute Gasteiger partial charge is 0.494 e. The normalized spacial score (nSPS) is 29.3. The zero-order valence-electron chi connectivity index (χ0n) is 18.8. The summed E-state index contributed by atoms with van der Waals surface area (Å²) in [7, 11) is 1.47. The summed E-state index contributed by atoms with van der Waals surface area (Å²) < 4.78 is 28.1. The number of ether oxygens (including phenoxy) is 5. The molecule has 9 nitrogen and oxygen atoms in total. The number of nitrogens with zero attached hydrogens (tertiary/aromatic N) is 1. The molecule has 6 unspecified atom stereocenters. The van der Waals surface area contributed by atoms with E-state index in [1.54, 1.807) is 48.5 Å². The highest BCUT2D eigenvalue weighted by atomic mass is 16.6. The molecule has 3 aliphatic heterocycles. The monoisotopic (exact) mass is 467 g/mol. The van der Waals surface area contributed by atoms with E-state index in [1.807, 2.05) is 13.0 Å². The predicted octanol–water partition coefficient (Wildman–Crippen LogP) is 1.98. The van der Waals surface area contributed by atoms with Crippen molar-refractivity contribution in [3.8, 4) is 11.5 Å². The lowest BCUT2D eigenvalue weighted by Crippen LogP contribution is -2.50. The van der Waals surface area contributed by atoms with Gasteiger partial charge in [-0.05, 0) is 43.3 Å². The van der Waals surface area contributed by atoms with Gasteiger partial charge in [0.2, 0.25) is 11.8 Å². The van der Waals surface area contributed by atoms with E-state index in [0.717, 1.165) is 0 Å². The first-order valence-corrected chi connectivity index (χ1v) is 11.2. The summed E-state index contributed by atoms with van der Waals surface area (Å²) in [5.41, 5.74) is 0.512. The van der Waals surface area contributed by atoms with Gasteiger partial charge < -0.3 is 23.7 Å². The van der Waals surface area contributed by atoms with E-state index in [1.165, 1.54) is 12.0 Å². The number of para-hydroxylation sites is 1. The Labute approximate surface area is 196 Å². The molecule has 6 atom stereocenters. The molecule has 3 aliphatic rings. The van der Waals surface area contributed by atoms with Crippen LogP contribution in [0.15, 0.2) is 54.6 Å². The second-order valence-electron chi connectivity index (χ2n) is 8.31. The van der Waals surface area contributed by atoms with Gasteiger partial charge in [0.05, 0.1) is 24.1 Å². The number of esters is 1. The lowest BCUT2D eigenvalue weighted by molar-refractivity contribution is -0.163. The maximum absolute atomic E-state index is 13.2. The maximum atomic E-state index is 13.2. The molecule has 0 saturated carbocycles. The molecule has 2 aromatic rings. The van der Waals surface area contributed by atoms with E-state index in [4.69, 9.17) is 23.7 Å². The first kappa shape index (κ1) is 22.4. The fourth-order valence-electron chi connectivity index (χ4n) is 5.05. The fourth-order valence-corrected chi connectivity index (χ4v) is 5.05. The van der Waals surface area contributed by atoms with Crippen LogP contribution in [0.5, 0.6) is 11.5 Å². The van der Waals surface area contributed by atoms with Gasteiger partial charge >= 0.3 is 5.97 Å². The lowest BCUT2D eigenvalue weighted by atomic mass is 9.78. The molecule has 0 aromatic heterocycles. The van der Waals surface area contributed by atoms with E-state index in [0.29, 0.717) is 23.8 Å². The number of hydrogen-bond acceptors (Lipinski definition) is 8. The molecule has 3 heterocycles. The van der Waals surface area contributed by atoms with Crippen molar-refractivity contribution in [1.82, 2.24) is 0 Å². The number of carbonyl (C=O) groups excluding carboxylic acids is 3. The van der Waals surface area contributed by atoms with Crippen molar-refractivity contribution in [2.24, 2.45) is 11.8 Å². The molecule has 0 aliphatic carbocycles. The van der Waals surface area contributed by atoms with Gasteiger partial charge in [-0.25, -0.2) is 9.69 Å². The number of imide groups is 1. The Morgan fingerprint density at radius 2 is 1.47 bits per heavy atom. The first-order valence-electron chi connectivity index (χ1n) is 11.2. The topological polar surface area (TPSA) is 101 Å². The smallest absolute Gasteiger partial charge is 0.344 e. The summed E-state index contributed by atoms with van der Waals surface area (Å²) in [4.78, 5) is 40.1. The Bertz CT molecular complexity index is 1070. The van der Waals surface area contributed by atoms with Crippen molar-refractivity contribution in [3.05, 3.63) is 54.6 Å². The third kappa shape index (κ3) is 3.70. The highest BCUT2D eigenvalue weighted by Crippen LogP contribution is 2.51. The molecular formula is C25H25NO8. The van der Waals surface area contributed by atoms with Crippen molar-refractivity contribution in [2.45, 2.75) is 31.3 Å². The Morgan fingerprint density at radius 3 is 2.06 bits per heavy atom. The van der Waals surface area contributed by atoms with E-state index >= 15 is 0 Å². The highest BCUT2D eigenvalue weighted by molar-refractivity contribution is 6.22. The van der Waals surface area contributed by atoms with Crippen LogP contribution in [0.4, 0.5) is 5.69 Å². The van der Waals surface area contributed by atoms with Gasteiger partial charge in [0.1, 0.15) is 29.8 Å². The zero-order chi connectivity index (χ0) is 23.8. The molecule has 0 spiro atoms. The van der Waals surface area contributed by atoms with Crippen LogP contribution in [-0.4, -0.2) is 62.5 Å². The average Bonchev–Trinajstić information content (AvgIpc) is 3.48. The van der Waals surface area contributed by atoms with Crippen LogP contribution in [0.1, 0.15) is 6.92 Å². The minimum atomic E-state index is -0.819. The summed E-state index contributed by atoms with van der Waals surface area (Å²) in [6.07, 6.45) is -2.91. The molecule has 178 valence electrons. The molecule has 2 aromatic carbocycles. The third-order valence-corrected chi connectivity index (χ3v) is 6.44. The van der Waals surface area contributed by atoms with Gasteiger partial charge in [-0.1, -0.05) is 18.2 Å². The summed E-state index contributed by atoms with van der Waals surface area (Å²) in [5, 5.41) is 0. The van der Waals surface area contributed by atoms with Crippen molar-refractivity contribution in [3.63, 3.8) is 0 Å². The van der Waals surface area contributed by atoms with E-state index in [2.05, 4.69) is 0 Å². The molecule has 2 amide bonds. The van der Waals surface area contributed by atoms with Crippen molar-refractivity contribution in [1.29, 1.82) is 0 Å². The standard InChI is InChI=1S/C25H25NO8/c1-3-31-15-9-11-16(12-10-15)32-13-17(27)33-23-21-19-18(20(34-21)22(23)30-2)24(28)26(25(19)29)14-7-5-4-6-8-14/h4-12,18-23H,3,13H2,1-2H3. The Hall–Kier alpha value is -3.43. The maximum Gasteiger partial charge on any atom is 0.344 e. The molecule has 34 heavy (non-hydrogen) atoms. The van der Waals surface area contributed by atoms with E-state index in [9.17, 15) is 14.4 Å². The molecule has 9 heteroatoms. The number of carbonyl (C=O) groups is 3. The minimum absolute atomic E-state index is 0.320. The van der Waals surface area contributed by atoms with E-state index < -0.39 is 42.2 Å². The van der Waals surface area contributed by atoms with Crippen LogP contribution >= 0.6 is 0 Å². The molecule has 2 bridgehead atoms. The van der Waals surface area contributed by atoms with Crippen LogP contribution in [0, 0.1) is 11.8 Å². The van der Waals surface area contributed by atoms with Crippen LogP contribution in [0.25, 0.3) is 0 Å². The van der Waals surface area contributed by atoms with Crippen molar-refractivity contribution < 1.29 is 38.1 Å². The Balaban J connectivity index is 1.26. The quantitative estimate of drug-likeness (QED) is 0.429. The van der Waals surface area contributed by atoms with E-state index in [-0.39, 0.29) is 18.4 Å². The minimum Gasteiger partial charge on any atom is -0.494 e. The lowest BCUT2D eigenvalue weighted by Gasteiger charge is -2.31. The van der Waals surface area contributed by atoms with Crippen LogP contribution in [0.2, 0.25) is 0 Å². The van der Waals surface area contributed by atoms with Crippen molar-refractivity contribution in [2.75, 3.05) is 25.2 Å². The average molecular weight is 467 g/mol. The number of fused-ring (bicyclic) bond motifs is 5. The summed E-state index contributed by atoms with van der Waals surface area (Å²) in [5.74, 6) is -1.50. The fraction of sp³-hybridized carbons (Fsp3) is 0.400. The molecule has 5 rings (SSSR count). The SMILES string of the molecule is CCOc1ccc(OCC(=O)OC2C(OC)C3OC2C2C(=O)N(c4ccccc4)C(=O)C32)cc1. The van der Waals surface area contributed by atoms with Gasteiger partial charge in [0, 0.05) is 7.11 Å². The zero-order valence-corrected chi connectivity index (χ0v) is 18.8. The molecule has 0 N–H and O–H groups in total. The number of methoxy groups -OCH3 is 1. The first-order chi connectivity index (χ1) is 16.5. The summed E-state index contributed by atoms with van der Waals surface area (Å²) >= 11 is 0. The van der Waals surface area contributed by atoms with Gasteiger partial charge in [0.25, 0.3) is 0 Å². The third-order valence-electron chi connectivity index (χ3n) is 6.44. The number of hydrogen-bond donors (Lipinski definition) is 0. The summed E-state index contributed by atoms with van der Waals surface area (Å²) in [6, 6.07) is 15.7. The molecule has 3 fully saturated rings. The number of amides is 2. The molecule has 3 saturated heterocycles. The predicted molar refractivity (Wildman–Crippen MR) is 118 cm³/mol. The second kappa shape index (κ2) is 9.08.